The summed E-state index contributed by atoms with van der Waals surface area (Å²) in [5, 5.41) is 2.21. The molecule has 9 aromatic rings. The first-order valence-corrected chi connectivity index (χ1v) is 23.9. The molecular weight excluding hydrogens is 1020 g/mol. The van der Waals surface area contributed by atoms with Crippen LogP contribution in [-0.4, -0.2) is 9.55 Å². The fourth-order valence-corrected chi connectivity index (χ4v) is 9.46. The average molecular weight is 1090 g/mol. The van der Waals surface area contributed by atoms with Crippen LogP contribution >= 0.6 is 0 Å². The van der Waals surface area contributed by atoms with Crippen LogP contribution in [0, 0.1) is 18.8 Å². The summed E-state index contributed by atoms with van der Waals surface area (Å²) in [6.07, 6.45) is 1.92. The maximum absolute atomic E-state index is 6.95. The van der Waals surface area contributed by atoms with Gasteiger partial charge in [0.05, 0.1) is 0 Å². The van der Waals surface area contributed by atoms with Crippen molar-refractivity contribution in [2.24, 2.45) is 0 Å². The number of rotatable bonds is 8. The molecule has 0 N–H and O–H groups in total. The van der Waals surface area contributed by atoms with Crippen LogP contribution < -0.4 is 14.5 Å². The Morgan fingerprint density at radius 2 is 1.14 bits per heavy atom. The third-order valence-corrected chi connectivity index (χ3v) is 13.7. The van der Waals surface area contributed by atoms with Crippen molar-refractivity contribution < 1.29 is 25.8 Å². The van der Waals surface area contributed by atoms with Crippen molar-refractivity contribution >= 4 is 44.6 Å². The van der Waals surface area contributed by atoms with E-state index in [1.165, 1.54) is 22.3 Å². The van der Waals surface area contributed by atoms with E-state index in [9.17, 15) is 0 Å². The Bertz CT molecular complexity index is 3300. The number of fused-ring (bicyclic) bond motifs is 4. The van der Waals surface area contributed by atoms with Gasteiger partial charge in [-0.2, -0.15) is 6.07 Å². The monoisotopic (exact) mass is 1080 g/mol. The first-order chi connectivity index (χ1) is 32.3. The van der Waals surface area contributed by atoms with Crippen LogP contribution in [0.2, 0.25) is 0 Å². The molecule has 0 atom stereocenters. The maximum atomic E-state index is 6.95. The van der Waals surface area contributed by atoms with Crippen LogP contribution in [0.4, 0.5) is 22.7 Å². The molecule has 0 saturated heterocycles. The van der Waals surface area contributed by atoms with E-state index in [4.69, 9.17) is 9.72 Å². The van der Waals surface area contributed by atoms with Gasteiger partial charge in [-0.1, -0.05) is 179 Å². The van der Waals surface area contributed by atoms with Gasteiger partial charge in [0.1, 0.15) is 5.82 Å². The Hall–Kier alpha value is -6.42. The second-order valence-electron chi connectivity index (χ2n) is 22.0. The van der Waals surface area contributed by atoms with Gasteiger partial charge in [-0.05, 0) is 85.8 Å². The van der Waals surface area contributed by atoms with Crippen LogP contribution in [0.1, 0.15) is 104 Å². The van der Waals surface area contributed by atoms with Gasteiger partial charge in [0, 0.05) is 72.3 Å². The quantitative estimate of drug-likeness (QED) is 0.142. The van der Waals surface area contributed by atoms with Crippen LogP contribution in [0.3, 0.4) is 0 Å². The Morgan fingerprint density at radius 3 is 1.83 bits per heavy atom. The molecule has 10 rings (SSSR count). The van der Waals surface area contributed by atoms with Gasteiger partial charge in [0.15, 0.2) is 0 Å². The molecule has 3 heterocycles. The first kappa shape index (κ1) is 47.6. The van der Waals surface area contributed by atoms with Crippen LogP contribution in [0.25, 0.3) is 38.8 Å². The van der Waals surface area contributed by atoms with Crippen LogP contribution in [0.15, 0.2) is 164 Å². The van der Waals surface area contributed by atoms with Gasteiger partial charge in [0.2, 0.25) is 0 Å². The summed E-state index contributed by atoms with van der Waals surface area (Å²) < 4.78 is 9.16. The molecule has 352 valence electrons. The van der Waals surface area contributed by atoms with E-state index < -0.39 is 0 Å². The summed E-state index contributed by atoms with van der Waals surface area (Å²) >= 11 is 0. The molecule has 5 nitrogen and oxygen atoms in total. The van der Waals surface area contributed by atoms with Crippen LogP contribution in [0.5, 0.6) is 11.5 Å². The number of hydrogen-bond acceptors (Lipinski definition) is 4. The van der Waals surface area contributed by atoms with Gasteiger partial charge < -0.3 is 19.1 Å². The summed E-state index contributed by atoms with van der Waals surface area (Å²) in [5.41, 5.74) is 14.1. The van der Waals surface area contributed by atoms with Crippen molar-refractivity contribution in [3.63, 3.8) is 0 Å². The van der Waals surface area contributed by atoms with Crippen molar-refractivity contribution in [1.29, 1.82) is 0 Å². The number of anilines is 4. The number of hydrogen-bond donors (Lipinski definition) is 0. The molecule has 69 heavy (non-hydrogen) atoms. The number of benzene rings is 7. The second-order valence-corrected chi connectivity index (χ2v) is 22.0. The van der Waals surface area contributed by atoms with E-state index in [2.05, 4.69) is 261 Å². The van der Waals surface area contributed by atoms with E-state index in [0.717, 1.165) is 67.1 Å². The van der Waals surface area contributed by atoms with Gasteiger partial charge in [0.25, 0.3) is 0 Å². The number of ether oxygens (including phenoxy) is 1. The van der Waals surface area contributed by atoms with E-state index in [1.807, 2.05) is 12.3 Å². The Balaban J connectivity index is 0.00000593. The SMILES string of the molecule is CC(C)(C)c1cc(Oc2[c-]c3c(cc2)c2ccccc2n3-c2cc(C(C)(C)c3ccccc3)ccn2)[c-]c(N2[CH-]N(c3cc(C(C)(C)C)cc(C(C)(C)C)c3)c3c(-c4ccccc4)cccc32)c1.[Pt]. The molecule has 1 aliphatic rings. The van der Waals surface area contributed by atoms with Gasteiger partial charge in [-0.15, -0.1) is 53.6 Å². The molecular formula is C63H61N4OPt-3. The van der Waals surface area contributed by atoms with Gasteiger partial charge >= 0.3 is 0 Å². The number of nitrogens with zero attached hydrogens (tertiary/aromatic N) is 4. The summed E-state index contributed by atoms with van der Waals surface area (Å²) in [6, 6.07) is 64.0. The normalized spacial score (nSPS) is 13.2. The molecule has 7 aromatic carbocycles. The molecule has 2 aromatic heterocycles. The third-order valence-electron chi connectivity index (χ3n) is 13.7. The van der Waals surface area contributed by atoms with Crippen LogP contribution in [-0.2, 0) is 42.7 Å². The minimum atomic E-state index is -0.236. The van der Waals surface area contributed by atoms with E-state index in [-0.39, 0.29) is 42.7 Å². The smallest absolute Gasteiger partial charge is 0.135 e. The van der Waals surface area contributed by atoms with E-state index in [1.54, 1.807) is 0 Å². The minimum Gasteiger partial charge on any atom is -0.509 e. The predicted octanol–water partition coefficient (Wildman–Crippen LogP) is 16.9. The molecule has 0 bridgehead atoms. The zero-order chi connectivity index (χ0) is 47.8. The summed E-state index contributed by atoms with van der Waals surface area (Å²) in [5.74, 6) is 2.05. The van der Waals surface area contributed by atoms with Crippen molar-refractivity contribution in [3.05, 3.63) is 211 Å². The topological polar surface area (TPSA) is 33.5 Å². The minimum absolute atomic E-state index is 0. The molecule has 0 amide bonds. The van der Waals surface area contributed by atoms with Crippen molar-refractivity contribution in [2.45, 2.75) is 97.8 Å². The molecule has 0 spiro atoms. The largest absolute Gasteiger partial charge is 0.509 e. The average Bonchev–Trinajstić information content (AvgIpc) is 3.87. The molecule has 0 saturated carbocycles. The maximum Gasteiger partial charge on any atom is 0.135 e. The summed E-state index contributed by atoms with van der Waals surface area (Å²) in [7, 11) is 0. The fourth-order valence-electron chi connectivity index (χ4n) is 9.46. The molecule has 0 fully saturated rings. The fraction of sp³-hybridized carbons (Fsp3) is 0.238. The third kappa shape index (κ3) is 9.03. The second kappa shape index (κ2) is 17.8. The number of para-hydroxylation sites is 2. The molecule has 1 aliphatic heterocycles. The standard InChI is InChI=1S/C63H61N4O.Pt/c1-60(2,3)45-33-46(61(4,5)6)35-48(34-45)66-41-65(56-28-20-26-52(59(56)66)42-21-14-12-15-22-42)49-36-47(62(7,8)9)37-51(39-49)68-50-29-30-54-53-25-18-19-27-55(53)67(57(54)40-50)58-38-44(31-32-64-58)63(10,11)43-23-16-13-17-24-43;/h12-38,41H,1-11H3;/q-3;. The summed E-state index contributed by atoms with van der Waals surface area (Å²) in [4.78, 5) is 9.65. The molecule has 0 unspecified atom stereocenters. The first-order valence-electron chi connectivity index (χ1n) is 23.9. The Kier molecular flexibility index (Phi) is 12.3. The molecule has 0 aliphatic carbocycles. The number of pyridine rings is 1. The van der Waals surface area contributed by atoms with Crippen molar-refractivity contribution in [1.82, 2.24) is 9.55 Å². The van der Waals surface area contributed by atoms with E-state index in [0.29, 0.717) is 11.5 Å². The molecule has 0 radical (unpaired) electrons. The number of aromatic nitrogens is 2. The Labute approximate surface area is 424 Å². The predicted molar refractivity (Wildman–Crippen MR) is 284 cm³/mol. The van der Waals surface area contributed by atoms with Crippen molar-refractivity contribution in [2.75, 3.05) is 9.80 Å². The summed E-state index contributed by atoms with van der Waals surface area (Å²) in [6.45, 7) is 27.3. The van der Waals surface area contributed by atoms with Gasteiger partial charge in [-0.25, -0.2) is 4.98 Å². The molecule has 6 heteroatoms. The zero-order valence-electron chi connectivity index (χ0n) is 41.7. The Morgan fingerprint density at radius 1 is 0.507 bits per heavy atom. The zero-order valence-corrected chi connectivity index (χ0v) is 44.0. The van der Waals surface area contributed by atoms with Crippen molar-refractivity contribution in [3.8, 4) is 28.4 Å². The van der Waals surface area contributed by atoms with Gasteiger partial charge in [-0.3, -0.25) is 0 Å². The van der Waals surface area contributed by atoms with E-state index >= 15 is 0 Å².